The van der Waals surface area contributed by atoms with Crippen LogP contribution in [-0.4, -0.2) is 38.2 Å². The molecule has 1 unspecified atom stereocenters. The molecule has 19 heavy (non-hydrogen) atoms. The van der Waals surface area contributed by atoms with Crippen molar-refractivity contribution in [1.82, 2.24) is 10.2 Å². The SMILES string of the molecule is CCCNCC(CC)N(C)Cc1ccccc1OC. The number of hydrogen-bond acceptors (Lipinski definition) is 3. The molecule has 0 aliphatic heterocycles. The summed E-state index contributed by atoms with van der Waals surface area (Å²) in [6.45, 7) is 7.52. The summed E-state index contributed by atoms with van der Waals surface area (Å²) < 4.78 is 5.42. The average molecular weight is 264 g/mol. The molecule has 1 N–H and O–H groups in total. The van der Waals surface area contributed by atoms with E-state index in [4.69, 9.17) is 4.74 Å². The van der Waals surface area contributed by atoms with Crippen LogP contribution in [-0.2, 0) is 6.54 Å². The van der Waals surface area contributed by atoms with Crippen LogP contribution < -0.4 is 10.1 Å². The Bertz CT molecular complexity index is 354. The van der Waals surface area contributed by atoms with Crippen molar-refractivity contribution in [2.24, 2.45) is 0 Å². The van der Waals surface area contributed by atoms with Crippen molar-refractivity contribution < 1.29 is 4.74 Å². The Morgan fingerprint density at radius 2 is 2.00 bits per heavy atom. The fourth-order valence-electron chi connectivity index (χ4n) is 2.29. The summed E-state index contributed by atoms with van der Waals surface area (Å²) in [5, 5.41) is 3.51. The molecule has 1 atom stereocenters. The van der Waals surface area contributed by atoms with Crippen molar-refractivity contribution in [3.63, 3.8) is 0 Å². The highest BCUT2D eigenvalue weighted by atomic mass is 16.5. The van der Waals surface area contributed by atoms with E-state index in [2.05, 4.69) is 43.2 Å². The lowest BCUT2D eigenvalue weighted by Gasteiger charge is -2.28. The van der Waals surface area contributed by atoms with Gasteiger partial charge in [-0.25, -0.2) is 0 Å². The van der Waals surface area contributed by atoms with Crippen LogP contribution in [0, 0.1) is 0 Å². The van der Waals surface area contributed by atoms with Gasteiger partial charge in [0.1, 0.15) is 5.75 Å². The maximum atomic E-state index is 5.42. The highest BCUT2D eigenvalue weighted by Crippen LogP contribution is 2.19. The second-order valence-corrected chi connectivity index (χ2v) is 4.99. The number of hydrogen-bond donors (Lipinski definition) is 1. The molecule has 0 amide bonds. The molecule has 0 saturated carbocycles. The van der Waals surface area contributed by atoms with E-state index in [1.54, 1.807) is 7.11 Å². The summed E-state index contributed by atoms with van der Waals surface area (Å²) in [6, 6.07) is 8.82. The van der Waals surface area contributed by atoms with Gasteiger partial charge >= 0.3 is 0 Å². The quantitative estimate of drug-likeness (QED) is 0.694. The summed E-state index contributed by atoms with van der Waals surface area (Å²) >= 11 is 0. The van der Waals surface area contributed by atoms with Crippen LogP contribution in [0.3, 0.4) is 0 Å². The lowest BCUT2D eigenvalue weighted by Crippen LogP contribution is -2.39. The molecule has 0 bridgehead atoms. The lowest BCUT2D eigenvalue weighted by molar-refractivity contribution is 0.219. The molecule has 0 aromatic heterocycles. The predicted octanol–water partition coefficient (Wildman–Crippen LogP) is 2.91. The Kier molecular flexibility index (Phi) is 7.53. The zero-order valence-corrected chi connectivity index (χ0v) is 12.8. The minimum Gasteiger partial charge on any atom is -0.496 e. The van der Waals surface area contributed by atoms with Crippen LogP contribution in [0.2, 0.25) is 0 Å². The predicted molar refractivity (Wildman–Crippen MR) is 81.7 cm³/mol. The molecule has 1 aromatic carbocycles. The van der Waals surface area contributed by atoms with Crippen LogP contribution in [0.5, 0.6) is 5.75 Å². The first-order chi connectivity index (χ1) is 9.22. The van der Waals surface area contributed by atoms with Crippen molar-refractivity contribution in [3.05, 3.63) is 29.8 Å². The van der Waals surface area contributed by atoms with Crippen LogP contribution >= 0.6 is 0 Å². The Morgan fingerprint density at radius 3 is 2.63 bits per heavy atom. The molecule has 0 radical (unpaired) electrons. The molecular weight excluding hydrogens is 236 g/mol. The molecule has 0 spiro atoms. The average Bonchev–Trinajstić information content (AvgIpc) is 2.44. The van der Waals surface area contributed by atoms with E-state index < -0.39 is 0 Å². The van der Waals surface area contributed by atoms with Crippen LogP contribution in [0.15, 0.2) is 24.3 Å². The van der Waals surface area contributed by atoms with Crippen molar-refractivity contribution in [2.45, 2.75) is 39.3 Å². The van der Waals surface area contributed by atoms with Gasteiger partial charge in [0.2, 0.25) is 0 Å². The highest BCUT2D eigenvalue weighted by Gasteiger charge is 2.14. The van der Waals surface area contributed by atoms with Gasteiger partial charge in [0, 0.05) is 24.7 Å². The zero-order valence-electron chi connectivity index (χ0n) is 12.8. The first kappa shape index (κ1) is 16.0. The zero-order chi connectivity index (χ0) is 14.1. The number of para-hydroxylation sites is 1. The van der Waals surface area contributed by atoms with E-state index in [9.17, 15) is 0 Å². The molecule has 3 heteroatoms. The van der Waals surface area contributed by atoms with Gasteiger partial charge in [-0.2, -0.15) is 0 Å². The summed E-state index contributed by atoms with van der Waals surface area (Å²) in [4.78, 5) is 2.40. The van der Waals surface area contributed by atoms with Crippen LogP contribution in [0.1, 0.15) is 32.3 Å². The second-order valence-electron chi connectivity index (χ2n) is 4.99. The molecule has 0 heterocycles. The fraction of sp³-hybridized carbons (Fsp3) is 0.625. The van der Waals surface area contributed by atoms with Gasteiger partial charge in [-0.15, -0.1) is 0 Å². The van der Waals surface area contributed by atoms with Crippen molar-refractivity contribution >= 4 is 0 Å². The smallest absolute Gasteiger partial charge is 0.123 e. The Morgan fingerprint density at radius 1 is 1.26 bits per heavy atom. The van der Waals surface area contributed by atoms with Gasteiger partial charge < -0.3 is 10.1 Å². The van der Waals surface area contributed by atoms with Crippen molar-refractivity contribution in [2.75, 3.05) is 27.2 Å². The van der Waals surface area contributed by atoms with Crippen LogP contribution in [0.25, 0.3) is 0 Å². The van der Waals surface area contributed by atoms with Gasteiger partial charge in [-0.3, -0.25) is 4.90 Å². The van der Waals surface area contributed by atoms with Gasteiger partial charge in [0.05, 0.1) is 7.11 Å². The van der Waals surface area contributed by atoms with Crippen molar-refractivity contribution in [1.29, 1.82) is 0 Å². The van der Waals surface area contributed by atoms with Gasteiger partial charge in [0.25, 0.3) is 0 Å². The molecule has 0 saturated heterocycles. The van der Waals surface area contributed by atoms with Gasteiger partial charge in [-0.1, -0.05) is 32.0 Å². The normalized spacial score (nSPS) is 12.7. The van der Waals surface area contributed by atoms with Gasteiger partial charge in [0.15, 0.2) is 0 Å². The summed E-state index contributed by atoms with van der Waals surface area (Å²) in [7, 11) is 3.92. The molecule has 0 fully saturated rings. The molecule has 1 aromatic rings. The van der Waals surface area contributed by atoms with Gasteiger partial charge in [-0.05, 0) is 32.5 Å². The number of likely N-dealkylation sites (N-methyl/N-ethyl adjacent to an activating group) is 1. The molecule has 108 valence electrons. The largest absolute Gasteiger partial charge is 0.496 e. The third-order valence-corrected chi connectivity index (χ3v) is 3.51. The van der Waals surface area contributed by atoms with E-state index in [-0.39, 0.29) is 0 Å². The van der Waals surface area contributed by atoms with E-state index in [0.29, 0.717) is 6.04 Å². The summed E-state index contributed by atoms with van der Waals surface area (Å²) in [6.07, 6.45) is 2.34. The minimum atomic E-state index is 0.566. The number of methoxy groups -OCH3 is 1. The molecule has 0 aliphatic carbocycles. The number of nitrogens with zero attached hydrogens (tertiary/aromatic N) is 1. The third-order valence-electron chi connectivity index (χ3n) is 3.51. The highest BCUT2D eigenvalue weighted by molar-refractivity contribution is 5.33. The molecule has 1 rings (SSSR count). The lowest BCUT2D eigenvalue weighted by atomic mass is 10.1. The number of ether oxygens (including phenoxy) is 1. The first-order valence-corrected chi connectivity index (χ1v) is 7.25. The standard InChI is InChI=1S/C16H28N2O/c1-5-11-17-12-15(6-2)18(3)13-14-9-7-8-10-16(14)19-4/h7-10,15,17H,5-6,11-13H2,1-4H3. The molecule has 3 nitrogen and oxygen atoms in total. The van der Waals surface area contributed by atoms with E-state index in [1.807, 2.05) is 12.1 Å². The third kappa shape index (κ3) is 5.21. The maximum Gasteiger partial charge on any atom is 0.123 e. The monoisotopic (exact) mass is 264 g/mol. The number of rotatable bonds is 9. The van der Waals surface area contributed by atoms with Crippen LogP contribution in [0.4, 0.5) is 0 Å². The second kappa shape index (κ2) is 8.94. The number of benzene rings is 1. The van der Waals surface area contributed by atoms with Crippen molar-refractivity contribution in [3.8, 4) is 5.75 Å². The number of nitrogens with one attached hydrogen (secondary N) is 1. The minimum absolute atomic E-state index is 0.566. The Balaban J connectivity index is 2.58. The topological polar surface area (TPSA) is 24.5 Å². The first-order valence-electron chi connectivity index (χ1n) is 7.25. The van der Waals surface area contributed by atoms with E-state index >= 15 is 0 Å². The summed E-state index contributed by atoms with van der Waals surface area (Å²) in [5.74, 6) is 0.978. The Hall–Kier alpha value is -1.06. The molecular formula is C16H28N2O. The van der Waals surface area contributed by atoms with E-state index in [1.165, 1.54) is 12.0 Å². The summed E-state index contributed by atoms with van der Waals surface area (Å²) in [5.41, 5.74) is 1.25. The fourth-order valence-corrected chi connectivity index (χ4v) is 2.29. The Labute approximate surface area is 118 Å². The van der Waals surface area contributed by atoms with E-state index in [0.717, 1.165) is 31.8 Å². The molecule has 0 aliphatic rings. The maximum absolute atomic E-state index is 5.42.